The zero-order valence-corrected chi connectivity index (χ0v) is 14.4. The molecule has 3 nitrogen and oxygen atoms in total. The van der Waals surface area contributed by atoms with Gasteiger partial charge in [0.2, 0.25) is 0 Å². The molecule has 1 unspecified atom stereocenters. The van der Waals surface area contributed by atoms with Gasteiger partial charge in [0, 0.05) is 5.25 Å². The Morgan fingerprint density at radius 1 is 0.760 bits per heavy atom. The van der Waals surface area contributed by atoms with Crippen LogP contribution in [0.2, 0.25) is 0 Å². The zero-order valence-electron chi connectivity index (χ0n) is 13.5. The summed E-state index contributed by atoms with van der Waals surface area (Å²) in [6, 6.07) is 26.3. The molecule has 0 aromatic heterocycles. The second-order valence-electron chi connectivity index (χ2n) is 5.54. The molecule has 0 saturated carbocycles. The number of ether oxygens (including phenoxy) is 2. The SMILES string of the molecule is O=C(Oc1ccccc1)Oc1ccc(C(S)Cc2ccccc2)cc1. The molecule has 0 spiro atoms. The van der Waals surface area contributed by atoms with Crippen LogP contribution in [0.4, 0.5) is 4.79 Å². The van der Waals surface area contributed by atoms with Crippen molar-refractivity contribution in [1.82, 2.24) is 0 Å². The second-order valence-corrected chi connectivity index (χ2v) is 6.17. The molecule has 0 saturated heterocycles. The Morgan fingerprint density at radius 2 is 1.28 bits per heavy atom. The third-order valence-electron chi connectivity index (χ3n) is 3.68. The topological polar surface area (TPSA) is 35.5 Å². The van der Waals surface area contributed by atoms with Crippen LogP contribution in [0.5, 0.6) is 11.5 Å². The van der Waals surface area contributed by atoms with Crippen LogP contribution in [0, 0.1) is 0 Å². The van der Waals surface area contributed by atoms with E-state index in [1.807, 2.05) is 36.4 Å². The average Bonchev–Trinajstić information content (AvgIpc) is 2.64. The fourth-order valence-corrected chi connectivity index (χ4v) is 2.80. The van der Waals surface area contributed by atoms with Gasteiger partial charge in [-0.1, -0.05) is 60.7 Å². The molecule has 3 rings (SSSR count). The third-order valence-corrected chi connectivity index (χ3v) is 4.16. The molecule has 0 fully saturated rings. The molecular weight excluding hydrogens is 332 g/mol. The Morgan fingerprint density at radius 3 is 1.88 bits per heavy atom. The van der Waals surface area contributed by atoms with Crippen molar-refractivity contribution < 1.29 is 14.3 Å². The Labute approximate surface area is 152 Å². The van der Waals surface area contributed by atoms with Crippen molar-refractivity contribution in [3.63, 3.8) is 0 Å². The van der Waals surface area contributed by atoms with Crippen molar-refractivity contribution in [2.24, 2.45) is 0 Å². The maximum atomic E-state index is 11.8. The minimum absolute atomic E-state index is 0.0766. The Balaban J connectivity index is 1.57. The third kappa shape index (κ3) is 5.13. The number of para-hydroxylation sites is 1. The lowest BCUT2D eigenvalue weighted by Crippen LogP contribution is -2.13. The minimum atomic E-state index is -0.759. The van der Waals surface area contributed by atoms with Gasteiger partial charge in [-0.2, -0.15) is 12.6 Å². The summed E-state index contributed by atoms with van der Waals surface area (Å²) in [5.41, 5.74) is 2.30. The summed E-state index contributed by atoms with van der Waals surface area (Å²) in [4.78, 5) is 11.8. The lowest BCUT2D eigenvalue weighted by atomic mass is 10.0. The van der Waals surface area contributed by atoms with Crippen molar-refractivity contribution >= 4 is 18.8 Å². The standard InChI is InChI=1S/C21H18O3S/c22-21(23-18-9-5-2-6-10-18)24-19-13-11-17(12-14-19)20(25)15-16-7-3-1-4-8-16/h1-14,20,25H,15H2. The first kappa shape index (κ1) is 17.1. The van der Waals surface area contributed by atoms with Crippen LogP contribution in [0.3, 0.4) is 0 Å². The van der Waals surface area contributed by atoms with Crippen molar-refractivity contribution in [1.29, 1.82) is 0 Å². The highest BCUT2D eigenvalue weighted by Crippen LogP contribution is 2.26. The van der Waals surface area contributed by atoms with E-state index in [1.54, 1.807) is 36.4 Å². The first-order chi connectivity index (χ1) is 12.2. The van der Waals surface area contributed by atoms with E-state index in [4.69, 9.17) is 9.47 Å². The van der Waals surface area contributed by atoms with Crippen molar-refractivity contribution in [2.75, 3.05) is 0 Å². The van der Waals surface area contributed by atoms with E-state index in [-0.39, 0.29) is 5.25 Å². The first-order valence-corrected chi connectivity index (χ1v) is 8.49. The van der Waals surface area contributed by atoms with E-state index < -0.39 is 6.16 Å². The summed E-state index contributed by atoms with van der Waals surface area (Å²) in [7, 11) is 0. The quantitative estimate of drug-likeness (QED) is 0.376. The minimum Gasteiger partial charge on any atom is -0.395 e. The molecule has 0 aliphatic rings. The molecule has 3 aromatic carbocycles. The van der Waals surface area contributed by atoms with E-state index in [9.17, 15) is 4.79 Å². The monoisotopic (exact) mass is 350 g/mol. The second kappa shape index (κ2) is 8.40. The number of hydrogen-bond acceptors (Lipinski definition) is 4. The van der Waals surface area contributed by atoms with Crippen LogP contribution in [0.15, 0.2) is 84.9 Å². The molecule has 0 heterocycles. The van der Waals surface area contributed by atoms with Gasteiger partial charge in [0.15, 0.2) is 0 Å². The fraction of sp³-hybridized carbons (Fsp3) is 0.0952. The predicted molar refractivity (Wildman–Crippen MR) is 101 cm³/mol. The maximum Gasteiger partial charge on any atom is 0.519 e. The summed E-state index contributed by atoms with van der Waals surface area (Å²) >= 11 is 4.67. The van der Waals surface area contributed by atoms with Gasteiger partial charge in [-0.25, -0.2) is 4.79 Å². The number of benzene rings is 3. The number of rotatable bonds is 5. The fourth-order valence-electron chi connectivity index (χ4n) is 2.42. The summed E-state index contributed by atoms with van der Waals surface area (Å²) in [6.45, 7) is 0. The van der Waals surface area contributed by atoms with Gasteiger partial charge in [-0.05, 0) is 41.8 Å². The van der Waals surface area contributed by atoms with E-state index >= 15 is 0 Å². The van der Waals surface area contributed by atoms with Crippen LogP contribution in [0.25, 0.3) is 0 Å². The highest BCUT2D eigenvalue weighted by Gasteiger charge is 2.10. The maximum absolute atomic E-state index is 11.8. The molecule has 25 heavy (non-hydrogen) atoms. The average molecular weight is 350 g/mol. The number of thiol groups is 1. The van der Waals surface area contributed by atoms with Crippen molar-refractivity contribution in [3.05, 3.63) is 96.1 Å². The summed E-state index contributed by atoms with van der Waals surface area (Å²) in [5, 5.41) is 0.0766. The molecule has 4 heteroatoms. The van der Waals surface area contributed by atoms with E-state index in [1.165, 1.54) is 5.56 Å². The van der Waals surface area contributed by atoms with Gasteiger partial charge in [0.1, 0.15) is 11.5 Å². The molecule has 3 aromatic rings. The van der Waals surface area contributed by atoms with Crippen LogP contribution < -0.4 is 9.47 Å². The Bertz CT molecular complexity index is 802. The zero-order chi connectivity index (χ0) is 17.5. The normalized spacial score (nSPS) is 11.6. The van der Waals surface area contributed by atoms with E-state index in [0.29, 0.717) is 11.5 Å². The summed E-state index contributed by atoms with van der Waals surface area (Å²) in [5.74, 6) is 0.882. The Kier molecular flexibility index (Phi) is 5.75. The van der Waals surface area contributed by atoms with Crippen LogP contribution in [-0.4, -0.2) is 6.16 Å². The number of carbonyl (C=O) groups is 1. The van der Waals surface area contributed by atoms with Gasteiger partial charge < -0.3 is 9.47 Å². The number of carbonyl (C=O) groups excluding carboxylic acids is 1. The van der Waals surface area contributed by atoms with E-state index in [0.717, 1.165) is 12.0 Å². The smallest absolute Gasteiger partial charge is 0.395 e. The lowest BCUT2D eigenvalue weighted by molar-refractivity contribution is 0.152. The van der Waals surface area contributed by atoms with Gasteiger partial charge in [0.25, 0.3) is 0 Å². The van der Waals surface area contributed by atoms with Gasteiger partial charge in [0.05, 0.1) is 0 Å². The molecule has 0 N–H and O–H groups in total. The van der Waals surface area contributed by atoms with Crippen molar-refractivity contribution in [3.8, 4) is 11.5 Å². The molecule has 0 radical (unpaired) electrons. The molecule has 1 atom stereocenters. The Hall–Kier alpha value is -2.72. The van der Waals surface area contributed by atoms with Crippen LogP contribution in [0.1, 0.15) is 16.4 Å². The van der Waals surface area contributed by atoms with Crippen LogP contribution in [-0.2, 0) is 6.42 Å². The molecule has 0 aliphatic heterocycles. The molecular formula is C21H18O3S. The molecule has 0 amide bonds. The lowest BCUT2D eigenvalue weighted by Gasteiger charge is -2.12. The summed E-state index contributed by atoms with van der Waals surface area (Å²) in [6.07, 6.45) is 0.0749. The predicted octanol–water partition coefficient (Wildman–Crippen LogP) is 5.48. The molecule has 0 aliphatic carbocycles. The van der Waals surface area contributed by atoms with E-state index in [2.05, 4.69) is 24.8 Å². The van der Waals surface area contributed by atoms with Crippen LogP contribution >= 0.6 is 12.6 Å². The van der Waals surface area contributed by atoms with Gasteiger partial charge >= 0.3 is 6.16 Å². The molecule has 126 valence electrons. The highest BCUT2D eigenvalue weighted by molar-refractivity contribution is 7.80. The van der Waals surface area contributed by atoms with Crippen molar-refractivity contribution in [2.45, 2.75) is 11.7 Å². The highest BCUT2D eigenvalue weighted by atomic mass is 32.1. The largest absolute Gasteiger partial charge is 0.519 e. The first-order valence-electron chi connectivity index (χ1n) is 7.97. The van der Waals surface area contributed by atoms with Gasteiger partial charge in [-0.15, -0.1) is 0 Å². The van der Waals surface area contributed by atoms with Gasteiger partial charge in [-0.3, -0.25) is 0 Å². The summed E-state index contributed by atoms with van der Waals surface area (Å²) < 4.78 is 10.3. The number of hydrogen-bond donors (Lipinski definition) is 1. The molecule has 0 bridgehead atoms.